The van der Waals surface area contributed by atoms with Crippen LogP contribution in [0.4, 0.5) is 5.69 Å². The van der Waals surface area contributed by atoms with Gasteiger partial charge in [0.15, 0.2) is 0 Å². The number of hydrogen-bond acceptors (Lipinski definition) is 3. The van der Waals surface area contributed by atoms with Crippen LogP contribution in [-0.4, -0.2) is 17.1 Å². The summed E-state index contributed by atoms with van der Waals surface area (Å²) in [5.74, 6) is -0.693. The molecule has 5 heteroatoms. The zero-order valence-corrected chi connectivity index (χ0v) is 11.9. The predicted octanol–water partition coefficient (Wildman–Crippen LogP) is 3.23. The lowest BCUT2D eigenvalue weighted by atomic mass is 10.00. The largest absolute Gasteiger partial charge is 0.481 e. The van der Waals surface area contributed by atoms with Gasteiger partial charge in [-0.3, -0.25) is 4.79 Å². The fraction of sp³-hybridized carbons (Fsp3) is 0.385. The number of nitriles is 1. The standard InChI is InChI=1S/C13H15BrN2O2/c1-8(2)12(6-13(17)18)16-11-5-3-4-10(14)9(11)7-15/h3-5,8,12,16H,6H2,1-2H3,(H,17,18). The molecule has 1 atom stereocenters. The molecule has 0 amide bonds. The average molecular weight is 311 g/mol. The molecular weight excluding hydrogens is 296 g/mol. The normalized spacial score (nSPS) is 11.9. The van der Waals surface area contributed by atoms with Gasteiger partial charge >= 0.3 is 5.97 Å². The summed E-state index contributed by atoms with van der Waals surface area (Å²) in [6.07, 6.45) is 0.0229. The van der Waals surface area contributed by atoms with Crippen LogP contribution in [0, 0.1) is 17.2 Å². The summed E-state index contributed by atoms with van der Waals surface area (Å²) in [5, 5.41) is 21.1. The molecule has 4 nitrogen and oxygen atoms in total. The number of nitrogens with one attached hydrogen (secondary N) is 1. The Morgan fingerprint density at radius 1 is 1.56 bits per heavy atom. The first-order valence-corrected chi connectivity index (χ1v) is 6.42. The number of hydrogen-bond donors (Lipinski definition) is 2. The minimum atomic E-state index is -0.852. The van der Waals surface area contributed by atoms with Crippen molar-refractivity contribution >= 4 is 27.6 Å². The van der Waals surface area contributed by atoms with Gasteiger partial charge < -0.3 is 10.4 Å². The molecule has 0 radical (unpaired) electrons. The third kappa shape index (κ3) is 3.74. The Balaban J connectivity index is 2.98. The van der Waals surface area contributed by atoms with Crippen LogP contribution in [-0.2, 0) is 4.79 Å². The van der Waals surface area contributed by atoms with E-state index in [9.17, 15) is 4.79 Å². The average Bonchev–Trinajstić information content (AvgIpc) is 2.27. The van der Waals surface area contributed by atoms with Gasteiger partial charge in [0.05, 0.1) is 17.7 Å². The summed E-state index contributed by atoms with van der Waals surface area (Å²) in [4.78, 5) is 10.8. The zero-order valence-electron chi connectivity index (χ0n) is 10.3. The quantitative estimate of drug-likeness (QED) is 0.875. The van der Waals surface area contributed by atoms with Crippen molar-refractivity contribution in [2.45, 2.75) is 26.3 Å². The van der Waals surface area contributed by atoms with Gasteiger partial charge in [-0.1, -0.05) is 19.9 Å². The summed E-state index contributed by atoms with van der Waals surface area (Å²) in [7, 11) is 0. The minimum Gasteiger partial charge on any atom is -0.481 e. The molecule has 0 aliphatic heterocycles. The maximum Gasteiger partial charge on any atom is 0.305 e. The molecule has 0 fully saturated rings. The third-order valence-corrected chi connectivity index (χ3v) is 3.33. The van der Waals surface area contributed by atoms with E-state index in [1.165, 1.54) is 0 Å². The van der Waals surface area contributed by atoms with Gasteiger partial charge in [-0.05, 0) is 34.0 Å². The van der Waals surface area contributed by atoms with Crippen LogP contribution in [0.15, 0.2) is 22.7 Å². The van der Waals surface area contributed by atoms with Crippen LogP contribution in [0.1, 0.15) is 25.8 Å². The van der Waals surface area contributed by atoms with Crippen molar-refractivity contribution in [1.82, 2.24) is 0 Å². The molecule has 1 aromatic carbocycles. The Labute approximate surface area is 115 Å². The van der Waals surface area contributed by atoms with Crippen molar-refractivity contribution in [3.8, 4) is 6.07 Å². The Morgan fingerprint density at radius 2 is 2.22 bits per heavy atom. The van der Waals surface area contributed by atoms with E-state index < -0.39 is 5.97 Å². The van der Waals surface area contributed by atoms with Gasteiger partial charge in [0.25, 0.3) is 0 Å². The predicted molar refractivity (Wildman–Crippen MR) is 73.4 cm³/mol. The molecule has 0 saturated heterocycles. The second-order valence-corrected chi connectivity index (χ2v) is 5.22. The summed E-state index contributed by atoms with van der Waals surface area (Å²) in [6.45, 7) is 3.90. The van der Waals surface area contributed by atoms with Crippen LogP contribution in [0.25, 0.3) is 0 Å². The summed E-state index contributed by atoms with van der Waals surface area (Å²) in [6, 6.07) is 7.27. The van der Waals surface area contributed by atoms with Crippen molar-refractivity contribution in [1.29, 1.82) is 5.26 Å². The van der Waals surface area contributed by atoms with E-state index >= 15 is 0 Å². The van der Waals surface area contributed by atoms with Crippen LogP contribution in [0.5, 0.6) is 0 Å². The van der Waals surface area contributed by atoms with Crippen molar-refractivity contribution in [2.75, 3.05) is 5.32 Å². The van der Waals surface area contributed by atoms with Crippen molar-refractivity contribution in [3.63, 3.8) is 0 Å². The number of carboxylic acids is 1. The highest BCUT2D eigenvalue weighted by molar-refractivity contribution is 9.10. The van der Waals surface area contributed by atoms with E-state index in [1.807, 2.05) is 19.9 Å². The lowest BCUT2D eigenvalue weighted by Crippen LogP contribution is -2.28. The van der Waals surface area contributed by atoms with Gasteiger partial charge in [-0.2, -0.15) is 5.26 Å². The fourth-order valence-corrected chi connectivity index (χ4v) is 2.05. The van der Waals surface area contributed by atoms with E-state index in [1.54, 1.807) is 12.1 Å². The lowest BCUT2D eigenvalue weighted by molar-refractivity contribution is -0.137. The van der Waals surface area contributed by atoms with Crippen LogP contribution < -0.4 is 5.32 Å². The first-order valence-electron chi connectivity index (χ1n) is 5.62. The smallest absolute Gasteiger partial charge is 0.305 e. The monoisotopic (exact) mass is 310 g/mol. The highest BCUT2D eigenvalue weighted by Gasteiger charge is 2.18. The Kier molecular flexibility index (Phi) is 5.17. The molecule has 0 heterocycles. The molecule has 0 aromatic heterocycles. The molecule has 1 aromatic rings. The number of nitrogens with zero attached hydrogens (tertiary/aromatic N) is 1. The number of carbonyl (C=O) groups is 1. The number of carboxylic acid groups (broad SMARTS) is 1. The van der Waals surface area contributed by atoms with Gasteiger partial charge in [0.2, 0.25) is 0 Å². The number of benzene rings is 1. The van der Waals surface area contributed by atoms with Crippen LogP contribution in [0.3, 0.4) is 0 Å². The highest BCUT2D eigenvalue weighted by atomic mass is 79.9. The molecule has 1 rings (SSSR count). The van der Waals surface area contributed by atoms with Gasteiger partial charge in [0.1, 0.15) is 6.07 Å². The highest BCUT2D eigenvalue weighted by Crippen LogP contribution is 2.25. The third-order valence-electron chi connectivity index (χ3n) is 2.67. The molecule has 0 spiro atoms. The van der Waals surface area contributed by atoms with E-state index in [0.29, 0.717) is 15.7 Å². The van der Waals surface area contributed by atoms with Crippen LogP contribution in [0.2, 0.25) is 0 Å². The van der Waals surface area contributed by atoms with Gasteiger partial charge in [-0.25, -0.2) is 0 Å². The molecule has 2 N–H and O–H groups in total. The van der Waals surface area contributed by atoms with E-state index in [-0.39, 0.29) is 18.4 Å². The molecule has 0 bridgehead atoms. The molecule has 0 aliphatic carbocycles. The van der Waals surface area contributed by atoms with E-state index in [4.69, 9.17) is 10.4 Å². The van der Waals surface area contributed by atoms with E-state index in [2.05, 4.69) is 27.3 Å². The second-order valence-electron chi connectivity index (χ2n) is 4.37. The Bertz CT molecular complexity index is 480. The van der Waals surface area contributed by atoms with E-state index in [0.717, 1.165) is 0 Å². The van der Waals surface area contributed by atoms with Gasteiger partial charge in [-0.15, -0.1) is 0 Å². The van der Waals surface area contributed by atoms with Crippen molar-refractivity contribution < 1.29 is 9.90 Å². The Morgan fingerprint density at radius 3 is 2.72 bits per heavy atom. The zero-order chi connectivity index (χ0) is 13.7. The van der Waals surface area contributed by atoms with Crippen molar-refractivity contribution in [3.05, 3.63) is 28.2 Å². The molecule has 18 heavy (non-hydrogen) atoms. The second kappa shape index (κ2) is 6.41. The molecule has 0 saturated carbocycles. The molecule has 96 valence electrons. The molecule has 0 aliphatic rings. The number of halogens is 1. The minimum absolute atomic E-state index is 0.0229. The fourth-order valence-electron chi connectivity index (χ4n) is 1.60. The molecule has 1 unspecified atom stereocenters. The van der Waals surface area contributed by atoms with Gasteiger partial charge in [0, 0.05) is 10.5 Å². The SMILES string of the molecule is CC(C)C(CC(=O)O)Nc1cccc(Br)c1C#N. The summed E-state index contributed by atoms with van der Waals surface area (Å²) in [5.41, 5.74) is 1.15. The Hall–Kier alpha value is -1.54. The topological polar surface area (TPSA) is 73.1 Å². The maximum atomic E-state index is 10.8. The first-order chi connectivity index (χ1) is 8.45. The summed E-state index contributed by atoms with van der Waals surface area (Å²) < 4.78 is 0.702. The van der Waals surface area contributed by atoms with Crippen molar-refractivity contribution in [2.24, 2.45) is 5.92 Å². The number of aliphatic carboxylic acids is 1. The summed E-state index contributed by atoms with van der Waals surface area (Å²) >= 11 is 3.31. The lowest BCUT2D eigenvalue weighted by Gasteiger charge is -2.22. The maximum absolute atomic E-state index is 10.8. The molecular formula is C13H15BrN2O2. The number of anilines is 1. The number of rotatable bonds is 5. The van der Waals surface area contributed by atoms with Crippen LogP contribution >= 0.6 is 15.9 Å². The first kappa shape index (κ1) is 14.5.